The molecule has 0 bridgehead atoms. The van der Waals surface area contributed by atoms with Crippen molar-refractivity contribution in [2.75, 3.05) is 19.7 Å². The maximum absolute atomic E-state index is 13.7. The van der Waals surface area contributed by atoms with Crippen molar-refractivity contribution in [3.63, 3.8) is 0 Å². The van der Waals surface area contributed by atoms with Gasteiger partial charge in [-0.1, -0.05) is 12.1 Å². The minimum Gasteiger partial charge on any atom is -0.493 e. The van der Waals surface area contributed by atoms with E-state index in [2.05, 4.69) is 22.8 Å². The molecule has 3 unspecified atom stereocenters. The summed E-state index contributed by atoms with van der Waals surface area (Å²) in [5, 5.41) is 10.9. The van der Waals surface area contributed by atoms with E-state index in [0.717, 1.165) is 46.3 Å². The zero-order chi connectivity index (χ0) is 28.5. The Balaban J connectivity index is 1.28. The number of benzene rings is 2. The maximum atomic E-state index is 13.7. The molecule has 10 nitrogen and oxygen atoms in total. The summed E-state index contributed by atoms with van der Waals surface area (Å²) in [4.78, 5) is 26.7. The van der Waals surface area contributed by atoms with Gasteiger partial charge in [-0.3, -0.25) is 4.79 Å². The number of nitrogens with two attached hydrogens (primary N) is 3. The second-order valence-corrected chi connectivity index (χ2v) is 12.2. The first-order valence-corrected chi connectivity index (χ1v) is 14.6. The van der Waals surface area contributed by atoms with Crippen molar-refractivity contribution in [1.29, 1.82) is 0 Å². The van der Waals surface area contributed by atoms with Gasteiger partial charge in [0.25, 0.3) is 5.91 Å². The normalized spacial score (nSPS) is 27.0. The molecule has 1 saturated carbocycles. The number of nitrogens with zero attached hydrogens (tertiary/aromatic N) is 2. The number of fused-ring (bicyclic) bond motifs is 1. The van der Waals surface area contributed by atoms with Crippen molar-refractivity contribution in [1.82, 2.24) is 9.47 Å². The Kier molecular flexibility index (Phi) is 6.26. The minimum absolute atomic E-state index is 0.0149. The van der Waals surface area contributed by atoms with Crippen LogP contribution in [0.2, 0.25) is 0 Å². The van der Waals surface area contributed by atoms with Gasteiger partial charge in [-0.25, -0.2) is 4.79 Å². The quantitative estimate of drug-likeness (QED) is 0.361. The Morgan fingerprint density at radius 3 is 2.73 bits per heavy atom. The van der Waals surface area contributed by atoms with Crippen molar-refractivity contribution in [3.05, 3.63) is 64.3 Å². The van der Waals surface area contributed by atoms with E-state index in [9.17, 15) is 14.7 Å². The third-order valence-electron chi connectivity index (χ3n) is 9.48. The van der Waals surface area contributed by atoms with Crippen LogP contribution in [0.1, 0.15) is 76.8 Å². The first kappa shape index (κ1) is 26.3. The number of ether oxygens (including phenoxy) is 2. The van der Waals surface area contributed by atoms with E-state index >= 15 is 0 Å². The summed E-state index contributed by atoms with van der Waals surface area (Å²) in [6, 6.07) is 11.5. The highest BCUT2D eigenvalue weighted by molar-refractivity contribution is 5.95. The molecule has 2 aliphatic heterocycles. The third-order valence-corrected chi connectivity index (χ3v) is 9.48. The number of amides is 2. The van der Waals surface area contributed by atoms with Crippen LogP contribution in [0.15, 0.2) is 36.4 Å². The van der Waals surface area contributed by atoms with Gasteiger partial charge in [-0.05, 0) is 72.4 Å². The lowest BCUT2D eigenvalue weighted by Crippen LogP contribution is -2.46. The van der Waals surface area contributed by atoms with Gasteiger partial charge in [-0.2, -0.15) is 0 Å². The molecule has 3 heterocycles. The maximum Gasteiger partial charge on any atom is 0.404 e. The molecule has 0 spiro atoms. The van der Waals surface area contributed by atoms with Gasteiger partial charge in [0, 0.05) is 53.8 Å². The van der Waals surface area contributed by atoms with E-state index in [1.54, 1.807) is 11.0 Å². The summed E-state index contributed by atoms with van der Waals surface area (Å²) in [7, 11) is 0. The third kappa shape index (κ3) is 4.36. The predicted octanol–water partition coefficient (Wildman–Crippen LogP) is 2.98. The second kappa shape index (κ2) is 9.75. The summed E-state index contributed by atoms with van der Waals surface area (Å²) >= 11 is 0. The summed E-state index contributed by atoms with van der Waals surface area (Å²) in [5.74, 6) is 0.871. The fourth-order valence-electron chi connectivity index (χ4n) is 7.35. The molecule has 3 aromatic rings. The molecular weight excluding hydrogens is 522 g/mol. The van der Waals surface area contributed by atoms with Gasteiger partial charge in [0.05, 0.1) is 25.3 Å². The van der Waals surface area contributed by atoms with E-state index in [-0.39, 0.29) is 18.4 Å². The van der Waals surface area contributed by atoms with Gasteiger partial charge >= 0.3 is 6.09 Å². The number of hydrogen-bond acceptors (Lipinski definition) is 7. The molecule has 1 saturated heterocycles. The van der Waals surface area contributed by atoms with Crippen LogP contribution >= 0.6 is 0 Å². The van der Waals surface area contributed by atoms with Crippen LogP contribution in [0.4, 0.5) is 4.79 Å². The van der Waals surface area contributed by atoms with E-state index in [4.69, 9.17) is 26.7 Å². The smallest absolute Gasteiger partial charge is 0.404 e. The van der Waals surface area contributed by atoms with Crippen molar-refractivity contribution in [2.24, 2.45) is 23.1 Å². The first-order valence-electron chi connectivity index (χ1n) is 14.6. The highest BCUT2D eigenvalue weighted by atomic mass is 16.6. The zero-order valence-electron chi connectivity index (χ0n) is 23.1. The Morgan fingerprint density at radius 1 is 1.15 bits per heavy atom. The first-order chi connectivity index (χ1) is 19.8. The molecule has 2 aliphatic carbocycles. The van der Waals surface area contributed by atoms with E-state index < -0.39 is 23.8 Å². The number of aliphatic hydroxyl groups excluding tert-OH is 1. The topological polar surface area (TPSA) is 159 Å². The average molecular weight is 560 g/mol. The highest BCUT2D eigenvalue weighted by Crippen LogP contribution is 2.58. The molecule has 10 heteroatoms. The van der Waals surface area contributed by atoms with Gasteiger partial charge in [-0.15, -0.1) is 0 Å². The van der Waals surface area contributed by atoms with Crippen molar-refractivity contribution in [3.8, 4) is 5.75 Å². The van der Waals surface area contributed by atoms with Crippen molar-refractivity contribution in [2.45, 2.75) is 68.9 Å². The predicted molar refractivity (Wildman–Crippen MR) is 152 cm³/mol. The van der Waals surface area contributed by atoms with Crippen LogP contribution in [0.25, 0.3) is 10.9 Å². The Labute approximate surface area is 238 Å². The molecule has 7 N–H and O–H groups in total. The Morgan fingerprint density at radius 2 is 1.98 bits per heavy atom. The number of hydrogen-bond donors (Lipinski definition) is 4. The number of rotatable bonds is 6. The fraction of sp³-hybridized carbons (Fsp3) is 0.484. The molecule has 1 aromatic heterocycles. The number of likely N-dealkylation sites (tertiary alicyclic amines) is 1. The lowest BCUT2D eigenvalue weighted by Gasteiger charge is -2.38. The summed E-state index contributed by atoms with van der Waals surface area (Å²) in [5.41, 5.74) is 24.2. The molecular formula is C31H37N5O5. The zero-order valence-corrected chi connectivity index (χ0v) is 23.1. The number of piperidine rings is 1. The second-order valence-electron chi connectivity index (χ2n) is 12.2. The van der Waals surface area contributed by atoms with Gasteiger partial charge in [0.2, 0.25) is 0 Å². The van der Waals surface area contributed by atoms with Crippen molar-refractivity contribution >= 4 is 22.9 Å². The van der Waals surface area contributed by atoms with Crippen LogP contribution in [-0.4, -0.2) is 52.4 Å². The summed E-state index contributed by atoms with van der Waals surface area (Å²) in [6.07, 6.45) is 3.16. The van der Waals surface area contributed by atoms with E-state index in [1.165, 1.54) is 12.8 Å². The van der Waals surface area contributed by atoms with Crippen LogP contribution in [-0.2, 0) is 23.4 Å². The molecule has 2 fully saturated rings. The molecule has 0 radical (unpaired) electrons. The number of primary amides is 1. The molecule has 4 aliphatic rings. The minimum atomic E-state index is -0.831. The molecule has 216 valence electrons. The van der Waals surface area contributed by atoms with Crippen LogP contribution in [0.3, 0.4) is 0 Å². The number of aliphatic hydroxyl groups is 1. The molecule has 7 rings (SSSR count). The summed E-state index contributed by atoms with van der Waals surface area (Å²) < 4.78 is 13.7. The van der Waals surface area contributed by atoms with Gasteiger partial charge in [0.15, 0.2) is 0 Å². The average Bonchev–Trinajstić information content (AvgIpc) is 3.67. The SMILES string of the molecule is NC(=O)O[C@@H]1CCCN(C(=O)c2cc3c4c(c2)C(N)C(c2cc5ccc(CO)cc5n2CC2CC2)C4(N)CCO3)C1. The van der Waals surface area contributed by atoms with Crippen LogP contribution in [0.5, 0.6) is 5.75 Å². The standard InChI is InChI=1S/C31H37N5O5/c32-28-22-11-20(29(38)35-8-1-2-21(15-35)41-30(33)39)13-25-26(22)31(34,7-9-40-25)27(28)24-12-19-6-5-18(16-37)10-23(19)36(24)14-17-3-4-17/h5-6,10-13,17,21,27-28,37H,1-4,7-9,14-16,32,34H2,(H2,33,39)/t21-,27?,28?,31?/m1/s1. The van der Waals surface area contributed by atoms with E-state index in [0.29, 0.717) is 49.8 Å². The lowest BCUT2D eigenvalue weighted by molar-refractivity contribution is 0.0373. The lowest BCUT2D eigenvalue weighted by atomic mass is 9.77. The van der Waals surface area contributed by atoms with Crippen LogP contribution in [0, 0.1) is 5.92 Å². The molecule has 41 heavy (non-hydrogen) atoms. The van der Waals surface area contributed by atoms with Gasteiger partial charge < -0.3 is 41.2 Å². The Bertz CT molecular complexity index is 1550. The molecule has 4 atom stereocenters. The molecule has 2 amide bonds. The Hall–Kier alpha value is -3.60. The fourth-order valence-corrected chi connectivity index (χ4v) is 7.35. The number of aromatic nitrogens is 1. The highest BCUT2D eigenvalue weighted by Gasteiger charge is 2.54. The number of carbonyl (C=O) groups excluding carboxylic acids is 2. The number of carbonyl (C=O) groups is 2. The molecule has 2 aromatic carbocycles. The van der Waals surface area contributed by atoms with Gasteiger partial charge in [0.1, 0.15) is 11.9 Å². The van der Waals surface area contributed by atoms with Crippen LogP contribution < -0.4 is 21.9 Å². The largest absolute Gasteiger partial charge is 0.493 e. The van der Waals surface area contributed by atoms with Crippen molar-refractivity contribution < 1.29 is 24.2 Å². The van der Waals surface area contributed by atoms with E-state index in [1.807, 2.05) is 12.1 Å². The summed E-state index contributed by atoms with van der Waals surface area (Å²) in [6.45, 7) is 2.16. The monoisotopic (exact) mass is 559 g/mol.